The number of phenols is 1. The van der Waals surface area contributed by atoms with Crippen LogP contribution < -0.4 is 0 Å². The summed E-state index contributed by atoms with van der Waals surface area (Å²) in [5, 5.41) is 8.92. The lowest BCUT2D eigenvalue weighted by Gasteiger charge is -1.92. The third-order valence-electron chi connectivity index (χ3n) is 1.12. The third kappa shape index (κ3) is 1.94. The SMILES string of the molecule is Cc1ccccc1O.Cl. The van der Waals surface area contributed by atoms with Crippen LogP contribution in [0.1, 0.15) is 5.56 Å². The van der Waals surface area contributed by atoms with Gasteiger partial charge in [-0.3, -0.25) is 0 Å². The smallest absolute Gasteiger partial charge is 0.118 e. The number of hydrogen-bond donors (Lipinski definition) is 1. The Bertz CT molecular complexity index is 165. The predicted octanol–water partition coefficient (Wildman–Crippen LogP) is 2.12. The van der Waals surface area contributed by atoms with Crippen LogP contribution in [0.25, 0.3) is 0 Å². The summed E-state index contributed by atoms with van der Waals surface area (Å²) in [6.45, 7) is 1.87. The summed E-state index contributed by atoms with van der Waals surface area (Å²) in [5.41, 5.74) is 0.924. The van der Waals surface area contributed by atoms with Gasteiger partial charge in [-0.05, 0) is 18.6 Å². The highest BCUT2D eigenvalue weighted by Crippen LogP contribution is 2.12. The molecule has 0 aromatic heterocycles. The lowest BCUT2D eigenvalue weighted by molar-refractivity contribution is 0.471. The van der Waals surface area contributed by atoms with Crippen LogP contribution in [-0.4, -0.2) is 5.11 Å². The number of hydrogen-bond acceptors (Lipinski definition) is 1. The molecule has 1 aromatic carbocycles. The zero-order chi connectivity index (χ0) is 5.98. The van der Waals surface area contributed by atoms with Gasteiger partial charge in [0.1, 0.15) is 5.75 Å². The first-order chi connectivity index (χ1) is 3.80. The molecule has 1 rings (SSSR count). The minimum absolute atomic E-state index is 0. The second-order valence-corrected chi connectivity index (χ2v) is 1.79. The van der Waals surface area contributed by atoms with Crippen LogP contribution in [0.15, 0.2) is 24.3 Å². The molecule has 0 amide bonds. The van der Waals surface area contributed by atoms with Crippen LogP contribution in [-0.2, 0) is 0 Å². The fourth-order valence-electron chi connectivity index (χ4n) is 0.563. The van der Waals surface area contributed by atoms with Gasteiger partial charge >= 0.3 is 0 Å². The van der Waals surface area contributed by atoms with Crippen LogP contribution in [0.4, 0.5) is 0 Å². The molecule has 0 fully saturated rings. The van der Waals surface area contributed by atoms with Crippen molar-refractivity contribution in [3.63, 3.8) is 0 Å². The minimum atomic E-state index is 0. The zero-order valence-electron chi connectivity index (χ0n) is 5.16. The van der Waals surface area contributed by atoms with E-state index in [1.165, 1.54) is 0 Å². The van der Waals surface area contributed by atoms with E-state index in [4.69, 9.17) is 5.11 Å². The summed E-state index contributed by atoms with van der Waals surface area (Å²) >= 11 is 0. The van der Waals surface area contributed by atoms with Crippen molar-refractivity contribution in [1.29, 1.82) is 0 Å². The van der Waals surface area contributed by atoms with Crippen molar-refractivity contribution < 1.29 is 5.11 Å². The second-order valence-electron chi connectivity index (χ2n) is 1.79. The van der Waals surface area contributed by atoms with E-state index < -0.39 is 0 Å². The molecular formula is C7H9ClO. The molecule has 0 atom stereocenters. The number of aryl methyl sites for hydroxylation is 1. The molecule has 1 N–H and O–H groups in total. The number of aromatic hydroxyl groups is 1. The Morgan fingerprint density at radius 3 is 2.11 bits per heavy atom. The molecule has 0 bridgehead atoms. The van der Waals surface area contributed by atoms with Crippen LogP contribution in [0.3, 0.4) is 0 Å². The van der Waals surface area contributed by atoms with Gasteiger partial charge in [-0.1, -0.05) is 18.2 Å². The van der Waals surface area contributed by atoms with Crippen LogP contribution in [0, 0.1) is 6.92 Å². The van der Waals surface area contributed by atoms with Gasteiger partial charge in [0.25, 0.3) is 0 Å². The van der Waals surface area contributed by atoms with Gasteiger partial charge in [-0.2, -0.15) is 0 Å². The summed E-state index contributed by atoms with van der Waals surface area (Å²) in [7, 11) is 0. The normalized spacial score (nSPS) is 8.11. The highest BCUT2D eigenvalue weighted by Gasteiger charge is 1.86. The quantitative estimate of drug-likeness (QED) is 0.592. The fraction of sp³-hybridized carbons (Fsp3) is 0.143. The average Bonchev–Trinajstić information content (AvgIpc) is 1.77. The molecule has 0 heterocycles. The Hall–Kier alpha value is -0.690. The van der Waals surface area contributed by atoms with Crippen molar-refractivity contribution in [3.05, 3.63) is 29.8 Å². The first-order valence-corrected chi connectivity index (χ1v) is 2.55. The second kappa shape index (κ2) is 3.36. The molecule has 0 aliphatic rings. The van der Waals surface area contributed by atoms with Gasteiger partial charge in [-0.15, -0.1) is 12.4 Å². The molecule has 1 aromatic rings. The molecule has 1 nitrogen and oxygen atoms in total. The lowest BCUT2D eigenvalue weighted by atomic mass is 10.2. The van der Waals surface area contributed by atoms with E-state index in [0.717, 1.165) is 5.56 Å². The minimum Gasteiger partial charge on any atom is -0.508 e. The maximum Gasteiger partial charge on any atom is 0.118 e. The molecule has 50 valence electrons. The van der Waals surface area contributed by atoms with E-state index in [2.05, 4.69) is 0 Å². The Labute approximate surface area is 60.7 Å². The zero-order valence-corrected chi connectivity index (χ0v) is 5.98. The number of halogens is 1. The molecule has 0 spiro atoms. The van der Waals surface area contributed by atoms with E-state index in [-0.39, 0.29) is 12.4 Å². The monoisotopic (exact) mass is 144 g/mol. The molecule has 2 heteroatoms. The molecule has 9 heavy (non-hydrogen) atoms. The Morgan fingerprint density at radius 2 is 1.78 bits per heavy atom. The van der Waals surface area contributed by atoms with Gasteiger partial charge in [0, 0.05) is 0 Å². The first kappa shape index (κ1) is 8.31. The van der Waals surface area contributed by atoms with Crippen molar-refractivity contribution in [2.45, 2.75) is 6.92 Å². The Morgan fingerprint density at radius 1 is 1.22 bits per heavy atom. The topological polar surface area (TPSA) is 20.2 Å². The number of para-hydroxylation sites is 1. The molecule has 0 radical (unpaired) electrons. The Balaban J connectivity index is 0.000000640. The largest absolute Gasteiger partial charge is 0.508 e. The summed E-state index contributed by atoms with van der Waals surface area (Å²) in [5.74, 6) is 0.368. The van der Waals surface area contributed by atoms with Crippen molar-refractivity contribution in [3.8, 4) is 5.75 Å². The van der Waals surface area contributed by atoms with Crippen molar-refractivity contribution in [2.75, 3.05) is 0 Å². The molecule has 0 saturated heterocycles. The number of rotatable bonds is 0. The van der Waals surface area contributed by atoms with Crippen molar-refractivity contribution in [2.24, 2.45) is 0 Å². The van der Waals surface area contributed by atoms with Crippen molar-refractivity contribution in [1.82, 2.24) is 0 Å². The standard InChI is InChI=1S/C7H8O.ClH/c1-6-4-2-3-5-7(6)8;/h2-5,8H,1H3;1H. The lowest BCUT2D eigenvalue weighted by Crippen LogP contribution is -1.68. The van der Waals surface area contributed by atoms with Gasteiger partial charge in [0.05, 0.1) is 0 Å². The van der Waals surface area contributed by atoms with Crippen LogP contribution in [0.5, 0.6) is 5.75 Å². The maximum atomic E-state index is 8.92. The van der Waals surface area contributed by atoms with Crippen molar-refractivity contribution >= 4 is 12.4 Å². The molecule has 0 aliphatic heterocycles. The van der Waals surface area contributed by atoms with Gasteiger partial charge in [-0.25, -0.2) is 0 Å². The Kier molecular flexibility index (Phi) is 3.10. The molecule has 0 saturated carbocycles. The van der Waals surface area contributed by atoms with E-state index >= 15 is 0 Å². The molecule has 0 aliphatic carbocycles. The summed E-state index contributed by atoms with van der Waals surface area (Å²) < 4.78 is 0. The van der Waals surface area contributed by atoms with E-state index in [1.54, 1.807) is 6.07 Å². The summed E-state index contributed by atoms with van der Waals surface area (Å²) in [4.78, 5) is 0. The van der Waals surface area contributed by atoms with Gasteiger partial charge < -0.3 is 5.11 Å². The first-order valence-electron chi connectivity index (χ1n) is 2.55. The highest BCUT2D eigenvalue weighted by atomic mass is 35.5. The fourth-order valence-corrected chi connectivity index (χ4v) is 0.563. The predicted molar refractivity (Wildman–Crippen MR) is 40.1 cm³/mol. The van der Waals surface area contributed by atoms with Crippen LogP contribution in [0.2, 0.25) is 0 Å². The third-order valence-corrected chi connectivity index (χ3v) is 1.12. The average molecular weight is 145 g/mol. The summed E-state index contributed by atoms with van der Waals surface area (Å²) in [6.07, 6.45) is 0. The number of phenolic OH excluding ortho intramolecular Hbond substituents is 1. The van der Waals surface area contributed by atoms with Crippen LogP contribution >= 0.6 is 12.4 Å². The van der Waals surface area contributed by atoms with E-state index in [0.29, 0.717) is 5.75 Å². The van der Waals surface area contributed by atoms with E-state index in [1.807, 2.05) is 25.1 Å². The number of benzene rings is 1. The van der Waals surface area contributed by atoms with E-state index in [9.17, 15) is 0 Å². The molecular weight excluding hydrogens is 136 g/mol. The summed E-state index contributed by atoms with van der Waals surface area (Å²) in [6, 6.07) is 7.25. The van der Waals surface area contributed by atoms with Gasteiger partial charge in [0.15, 0.2) is 0 Å². The maximum absolute atomic E-state index is 8.92. The van der Waals surface area contributed by atoms with Gasteiger partial charge in [0.2, 0.25) is 0 Å². The molecule has 0 unspecified atom stereocenters. The highest BCUT2D eigenvalue weighted by molar-refractivity contribution is 5.85.